The van der Waals surface area contributed by atoms with E-state index in [2.05, 4.69) is 26.3 Å². The molecule has 2 aromatic rings. The number of nitrogens with zero attached hydrogens (tertiary/aromatic N) is 3. The summed E-state index contributed by atoms with van der Waals surface area (Å²) in [5.41, 5.74) is -0.0193. The fourth-order valence-electron chi connectivity index (χ4n) is 3.14. The molecule has 1 N–H and O–H groups in total. The number of likely N-dealkylation sites (tertiary alicyclic amines) is 1. The second-order valence-electron chi connectivity index (χ2n) is 6.58. The molecule has 1 saturated heterocycles. The molecule has 1 unspecified atom stereocenters. The molecule has 27 heavy (non-hydrogen) atoms. The number of hydrogen-bond acceptors (Lipinski definition) is 5. The van der Waals surface area contributed by atoms with Gasteiger partial charge in [0.2, 0.25) is 5.91 Å². The summed E-state index contributed by atoms with van der Waals surface area (Å²) in [6.07, 6.45) is 1.30. The molecule has 3 heterocycles. The van der Waals surface area contributed by atoms with Crippen molar-refractivity contribution < 1.29 is 9.59 Å². The molecule has 2 amide bonds. The van der Waals surface area contributed by atoms with Crippen molar-refractivity contribution in [1.29, 1.82) is 0 Å². The third kappa shape index (κ3) is 4.65. The summed E-state index contributed by atoms with van der Waals surface area (Å²) >= 11 is 4.98. The summed E-state index contributed by atoms with van der Waals surface area (Å²) in [5, 5.41) is 7.22. The zero-order valence-electron chi connectivity index (χ0n) is 15.1. The SMILES string of the molecule is CC(=O)N1CCC(n2nc(C(=O)NC(C)c3ccc(Br)s3)ccc2=O)CC1. The average molecular weight is 453 g/mol. The molecule has 0 aromatic carbocycles. The Kier molecular flexibility index (Phi) is 6.11. The van der Waals surface area contributed by atoms with Crippen molar-refractivity contribution in [2.45, 2.75) is 38.8 Å². The van der Waals surface area contributed by atoms with Gasteiger partial charge in [-0.1, -0.05) is 0 Å². The van der Waals surface area contributed by atoms with Crippen LogP contribution in [0.1, 0.15) is 54.1 Å². The van der Waals surface area contributed by atoms with Crippen molar-refractivity contribution in [2.24, 2.45) is 0 Å². The van der Waals surface area contributed by atoms with Crippen LogP contribution in [-0.2, 0) is 4.79 Å². The summed E-state index contributed by atoms with van der Waals surface area (Å²) in [4.78, 5) is 39.1. The van der Waals surface area contributed by atoms with Gasteiger partial charge in [-0.2, -0.15) is 5.10 Å². The summed E-state index contributed by atoms with van der Waals surface area (Å²) in [6.45, 7) is 4.64. The Labute approximate surface area is 169 Å². The zero-order valence-corrected chi connectivity index (χ0v) is 17.5. The van der Waals surface area contributed by atoms with E-state index in [-0.39, 0.29) is 35.2 Å². The Hall–Kier alpha value is -2.00. The fraction of sp³-hybridized carbons (Fsp3) is 0.444. The van der Waals surface area contributed by atoms with Crippen molar-refractivity contribution in [2.75, 3.05) is 13.1 Å². The number of amides is 2. The average Bonchev–Trinajstić information content (AvgIpc) is 3.08. The molecule has 0 saturated carbocycles. The quantitative estimate of drug-likeness (QED) is 0.772. The number of nitrogens with one attached hydrogen (secondary N) is 1. The van der Waals surface area contributed by atoms with Gasteiger partial charge in [0.1, 0.15) is 5.69 Å². The molecule has 0 aliphatic carbocycles. The summed E-state index contributed by atoms with van der Waals surface area (Å²) in [7, 11) is 0. The predicted molar refractivity (Wildman–Crippen MR) is 107 cm³/mol. The molecular weight excluding hydrogens is 432 g/mol. The molecule has 1 fully saturated rings. The highest BCUT2D eigenvalue weighted by Gasteiger charge is 2.24. The van der Waals surface area contributed by atoms with E-state index in [1.54, 1.807) is 23.2 Å². The van der Waals surface area contributed by atoms with Crippen LogP contribution in [0.4, 0.5) is 0 Å². The van der Waals surface area contributed by atoms with Gasteiger partial charge in [-0.25, -0.2) is 4.68 Å². The summed E-state index contributed by atoms with van der Waals surface area (Å²) in [5.74, 6) is -0.280. The zero-order chi connectivity index (χ0) is 19.6. The van der Waals surface area contributed by atoms with Crippen molar-refractivity contribution >= 4 is 39.1 Å². The first kappa shape index (κ1) is 19.8. The van der Waals surface area contributed by atoms with Gasteiger partial charge in [-0.15, -0.1) is 11.3 Å². The Morgan fingerprint density at radius 3 is 2.56 bits per heavy atom. The van der Waals surface area contributed by atoms with Crippen molar-refractivity contribution in [1.82, 2.24) is 20.0 Å². The number of piperidine rings is 1. The second-order valence-corrected chi connectivity index (χ2v) is 9.07. The van der Waals surface area contributed by atoms with E-state index in [0.29, 0.717) is 25.9 Å². The van der Waals surface area contributed by atoms with Crippen molar-refractivity contribution in [3.63, 3.8) is 0 Å². The highest BCUT2D eigenvalue weighted by Crippen LogP contribution is 2.27. The largest absolute Gasteiger partial charge is 0.343 e. The molecule has 0 bridgehead atoms. The summed E-state index contributed by atoms with van der Waals surface area (Å²) < 4.78 is 2.39. The van der Waals surface area contributed by atoms with Gasteiger partial charge in [0.15, 0.2) is 0 Å². The van der Waals surface area contributed by atoms with Gasteiger partial charge in [-0.05, 0) is 53.9 Å². The lowest BCUT2D eigenvalue weighted by Gasteiger charge is -2.31. The van der Waals surface area contributed by atoms with Crippen LogP contribution >= 0.6 is 27.3 Å². The molecule has 1 aliphatic heterocycles. The minimum atomic E-state index is -0.318. The highest BCUT2D eigenvalue weighted by atomic mass is 79.9. The van der Waals surface area contributed by atoms with Gasteiger partial charge in [0.25, 0.3) is 11.5 Å². The molecule has 3 rings (SSSR count). The van der Waals surface area contributed by atoms with Crippen LogP contribution in [-0.4, -0.2) is 39.6 Å². The number of thiophene rings is 1. The monoisotopic (exact) mass is 452 g/mol. The number of carbonyl (C=O) groups is 2. The molecule has 0 radical (unpaired) electrons. The van der Waals surface area contributed by atoms with Crippen molar-refractivity contribution in [3.05, 3.63) is 49.0 Å². The van der Waals surface area contributed by atoms with E-state index >= 15 is 0 Å². The fourth-order valence-corrected chi connectivity index (χ4v) is 4.56. The molecule has 0 spiro atoms. The smallest absolute Gasteiger partial charge is 0.272 e. The highest BCUT2D eigenvalue weighted by molar-refractivity contribution is 9.11. The first-order chi connectivity index (χ1) is 12.8. The van der Waals surface area contributed by atoms with E-state index in [1.165, 1.54) is 16.8 Å². The molecule has 7 nitrogen and oxygen atoms in total. The maximum atomic E-state index is 12.6. The van der Waals surface area contributed by atoms with Crippen LogP contribution in [0.3, 0.4) is 0 Å². The van der Waals surface area contributed by atoms with Gasteiger partial charge < -0.3 is 10.2 Å². The van der Waals surface area contributed by atoms with Gasteiger partial charge in [0.05, 0.1) is 15.9 Å². The number of rotatable bonds is 4. The second kappa shape index (κ2) is 8.35. The van der Waals surface area contributed by atoms with Crippen LogP contribution in [0.2, 0.25) is 0 Å². The Morgan fingerprint density at radius 2 is 1.96 bits per heavy atom. The van der Waals surface area contributed by atoms with Crippen LogP contribution in [0, 0.1) is 0 Å². The molecule has 144 valence electrons. The first-order valence-corrected chi connectivity index (χ1v) is 10.4. The minimum Gasteiger partial charge on any atom is -0.343 e. The number of carbonyl (C=O) groups excluding carboxylic acids is 2. The molecule has 1 atom stereocenters. The lowest BCUT2D eigenvalue weighted by molar-refractivity contribution is -0.130. The summed E-state index contributed by atoms with van der Waals surface area (Å²) in [6, 6.07) is 6.47. The van der Waals surface area contributed by atoms with Crippen LogP contribution < -0.4 is 10.9 Å². The molecule has 2 aromatic heterocycles. The molecule has 1 aliphatic rings. The number of halogens is 1. The van der Waals surface area contributed by atoms with E-state index < -0.39 is 0 Å². The lowest BCUT2D eigenvalue weighted by Crippen LogP contribution is -2.41. The molecular formula is C18H21BrN4O3S. The first-order valence-electron chi connectivity index (χ1n) is 8.76. The Bertz CT molecular complexity index is 902. The number of hydrogen-bond donors (Lipinski definition) is 1. The van der Waals surface area contributed by atoms with E-state index in [4.69, 9.17) is 0 Å². The normalized spacial score (nSPS) is 16.2. The van der Waals surface area contributed by atoms with E-state index in [1.807, 2.05) is 19.1 Å². The van der Waals surface area contributed by atoms with Gasteiger partial charge in [-0.3, -0.25) is 14.4 Å². The standard InChI is InChI=1S/C18H21BrN4O3S/c1-11(15-4-5-16(19)27-15)20-18(26)14-3-6-17(25)23(21-14)13-7-9-22(10-8-13)12(2)24/h3-6,11,13H,7-10H2,1-2H3,(H,20,26). The van der Waals surface area contributed by atoms with Crippen LogP contribution in [0.25, 0.3) is 0 Å². The van der Waals surface area contributed by atoms with E-state index in [9.17, 15) is 14.4 Å². The van der Waals surface area contributed by atoms with Crippen LogP contribution in [0.5, 0.6) is 0 Å². The maximum absolute atomic E-state index is 12.6. The topological polar surface area (TPSA) is 84.3 Å². The predicted octanol–water partition coefficient (Wildman–Crippen LogP) is 2.74. The van der Waals surface area contributed by atoms with Gasteiger partial charge >= 0.3 is 0 Å². The Morgan fingerprint density at radius 1 is 1.26 bits per heavy atom. The maximum Gasteiger partial charge on any atom is 0.272 e. The lowest BCUT2D eigenvalue weighted by atomic mass is 10.1. The van der Waals surface area contributed by atoms with Gasteiger partial charge in [0, 0.05) is 31.0 Å². The minimum absolute atomic E-state index is 0.0380. The van der Waals surface area contributed by atoms with Crippen molar-refractivity contribution in [3.8, 4) is 0 Å². The van der Waals surface area contributed by atoms with E-state index in [0.717, 1.165) is 8.66 Å². The third-order valence-electron chi connectivity index (χ3n) is 4.68. The third-order valence-corrected chi connectivity index (χ3v) is 6.49. The number of aromatic nitrogens is 2. The molecule has 9 heteroatoms. The Balaban J connectivity index is 1.72. The van der Waals surface area contributed by atoms with Crippen LogP contribution in [0.15, 0.2) is 32.8 Å².